The average Bonchev–Trinajstić information content (AvgIpc) is 2.69. The Morgan fingerprint density at radius 1 is 1.40 bits per heavy atom. The lowest BCUT2D eigenvalue weighted by Crippen LogP contribution is -2.33. The fourth-order valence-electron chi connectivity index (χ4n) is 2.33. The van der Waals surface area contributed by atoms with Crippen molar-refractivity contribution in [2.24, 2.45) is 5.92 Å². The maximum atomic E-state index is 12.4. The molecule has 0 aromatic carbocycles. The van der Waals surface area contributed by atoms with E-state index in [-0.39, 0.29) is 0 Å². The van der Waals surface area contributed by atoms with Gasteiger partial charge in [0.1, 0.15) is 4.90 Å². The van der Waals surface area contributed by atoms with Crippen LogP contribution in [0.25, 0.3) is 0 Å². The van der Waals surface area contributed by atoms with Gasteiger partial charge < -0.3 is 5.32 Å². The van der Waals surface area contributed by atoms with Crippen molar-refractivity contribution < 1.29 is 8.42 Å². The minimum absolute atomic E-state index is 0.306. The maximum Gasteiger partial charge on any atom is 0.244 e. The van der Waals surface area contributed by atoms with Crippen LogP contribution in [0.5, 0.6) is 0 Å². The molecule has 1 fully saturated rings. The van der Waals surface area contributed by atoms with Crippen LogP contribution in [0.4, 0.5) is 0 Å². The Bertz CT molecular complexity index is 535. The predicted octanol–water partition coefficient (Wildman–Crippen LogP) is 1.30. The number of rotatable bonds is 8. The molecule has 1 aromatic rings. The Morgan fingerprint density at radius 3 is 2.75 bits per heavy atom. The molecule has 0 aliphatic heterocycles. The molecular weight excluding hydrogens is 276 g/mol. The molecule has 1 aromatic heterocycles. The number of H-pyrrole nitrogens is 1. The highest BCUT2D eigenvalue weighted by Gasteiger charge is 2.26. The van der Waals surface area contributed by atoms with Crippen molar-refractivity contribution in [1.29, 1.82) is 0 Å². The Hall–Kier alpha value is -0.920. The number of aromatic nitrogens is 2. The molecular formula is C13H24N4O2S. The summed E-state index contributed by atoms with van der Waals surface area (Å²) in [6.45, 7) is 5.67. The fraction of sp³-hybridized carbons (Fsp3) is 0.769. The van der Waals surface area contributed by atoms with E-state index in [0.29, 0.717) is 35.3 Å². The van der Waals surface area contributed by atoms with Crippen LogP contribution < -0.4 is 10.0 Å². The molecule has 1 heterocycles. The number of nitrogens with zero attached hydrogens (tertiary/aromatic N) is 1. The standard InChI is InChI=1S/C13H24N4O2S/c1-3-7-14-9-12-13(10(2)16-17-12)20(18,19)15-8-11-5-4-6-11/h11,14-15H,3-9H2,1-2H3,(H,16,17). The van der Waals surface area contributed by atoms with E-state index in [1.165, 1.54) is 6.42 Å². The van der Waals surface area contributed by atoms with E-state index in [1.54, 1.807) is 6.92 Å². The Morgan fingerprint density at radius 2 is 2.15 bits per heavy atom. The summed E-state index contributed by atoms with van der Waals surface area (Å²) in [5.74, 6) is 0.499. The van der Waals surface area contributed by atoms with Crippen LogP contribution in [-0.2, 0) is 16.6 Å². The lowest BCUT2D eigenvalue weighted by Gasteiger charge is -2.25. The molecule has 7 heteroatoms. The molecule has 0 bridgehead atoms. The number of hydrogen-bond donors (Lipinski definition) is 3. The monoisotopic (exact) mass is 300 g/mol. The maximum absolute atomic E-state index is 12.4. The lowest BCUT2D eigenvalue weighted by molar-refractivity contribution is 0.316. The van der Waals surface area contributed by atoms with Crippen LogP contribution in [0.15, 0.2) is 4.90 Å². The zero-order valence-electron chi connectivity index (χ0n) is 12.2. The highest BCUT2D eigenvalue weighted by atomic mass is 32.2. The molecule has 6 nitrogen and oxygen atoms in total. The van der Waals surface area contributed by atoms with E-state index in [9.17, 15) is 8.42 Å². The van der Waals surface area contributed by atoms with Crippen molar-refractivity contribution in [1.82, 2.24) is 20.2 Å². The minimum Gasteiger partial charge on any atom is -0.311 e. The van der Waals surface area contributed by atoms with Crippen molar-refractivity contribution in [2.45, 2.75) is 51.0 Å². The van der Waals surface area contributed by atoms with E-state index in [0.717, 1.165) is 25.8 Å². The molecule has 1 aliphatic rings. The summed E-state index contributed by atoms with van der Waals surface area (Å²) >= 11 is 0. The molecule has 0 saturated heterocycles. The molecule has 0 atom stereocenters. The molecule has 0 spiro atoms. The van der Waals surface area contributed by atoms with Gasteiger partial charge in [0.05, 0.1) is 11.4 Å². The first-order chi connectivity index (χ1) is 9.54. The van der Waals surface area contributed by atoms with E-state index in [2.05, 4.69) is 27.2 Å². The van der Waals surface area contributed by atoms with Gasteiger partial charge in [0.2, 0.25) is 10.0 Å². The molecule has 3 N–H and O–H groups in total. The summed E-state index contributed by atoms with van der Waals surface area (Å²) in [5, 5.41) is 10.1. The smallest absolute Gasteiger partial charge is 0.244 e. The third-order valence-electron chi connectivity index (χ3n) is 3.74. The van der Waals surface area contributed by atoms with Gasteiger partial charge in [-0.15, -0.1) is 0 Å². The Balaban J connectivity index is 2.06. The summed E-state index contributed by atoms with van der Waals surface area (Å²) < 4.78 is 27.5. The van der Waals surface area contributed by atoms with Crippen molar-refractivity contribution >= 4 is 10.0 Å². The summed E-state index contributed by atoms with van der Waals surface area (Å²) in [6, 6.07) is 0. The van der Waals surface area contributed by atoms with Crippen LogP contribution in [0.1, 0.15) is 44.0 Å². The number of nitrogens with one attached hydrogen (secondary N) is 3. The van der Waals surface area contributed by atoms with E-state index in [1.807, 2.05) is 0 Å². The van der Waals surface area contributed by atoms with Gasteiger partial charge in [-0.2, -0.15) is 5.10 Å². The molecule has 1 aliphatic carbocycles. The van der Waals surface area contributed by atoms with E-state index >= 15 is 0 Å². The van der Waals surface area contributed by atoms with Gasteiger partial charge in [0.25, 0.3) is 0 Å². The topological polar surface area (TPSA) is 86.9 Å². The molecule has 2 rings (SSSR count). The molecule has 0 unspecified atom stereocenters. The highest BCUT2D eigenvalue weighted by molar-refractivity contribution is 7.89. The minimum atomic E-state index is -3.47. The third-order valence-corrected chi connectivity index (χ3v) is 5.36. The number of sulfonamides is 1. The second-order valence-electron chi connectivity index (χ2n) is 5.45. The quantitative estimate of drug-likeness (QED) is 0.632. The molecule has 20 heavy (non-hydrogen) atoms. The van der Waals surface area contributed by atoms with Gasteiger partial charge in [-0.1, -0.05) is 13.3 Å². The molecule has 0 radical (unpaired) electrons. The number of hydrogen-bond acceptors (Lipinski definition) is 4. The second kappa shape index (κ2) is 6.69. The normalized spacial score (nSPS) is 16.3. The first kappa shape index (κ1) is 15.5. The van der Waals surface area contributed by atoms with Crippen molar-refractivity contribution in [3.63, 3.8) is 0 Å². The summed E-state index contributed by atoms with van der Waals surface area (Å²) in [6.07, 6.45) is 4.46. The van der Waals surface area contributed by atoms with Gasteiger partial charge in [0.15, 0.2) is 0 Å². The second-order valence-corrected chi connectivity index (χ2v) is 7.15. The lowest BCUT2D eigenvalue weighted by atomic mass is 9.86. The van der Waals surface area contributed by atoms with Crippen LogP contribution in [-0.4, -0.2) is 31.7 Å². The van der Waals surface area contributed by atoms with Gasteiger partial charge >= 0.3 is 0 Å². The van der Waals surface area contributed by atoms with Gasteiger partial charge in [-0.3, -0.25) is 5.10 Å². The zero-order valence-corrected chi connectivity index (χ0v) is 13.0. The first-order valence-corrected chi connectivity index (χ1v) is 8.77. The van der Waals surface area contributed by atoms with Gasteiger partial charge in [-0.25, -0.2) is 13.1 Å². The van der Waals surface area contributed by atoms with Crippen LogP contribution >= 0.6 is 0 Å². The molecule has 0 amide bonds. The van der Waals surface area contributed by atoms with Crippen LogP contribution in [0.3, 0.4) is 0 Å². The SMILES string of the molecule is CCCNCc1n[nH]c(C)c1S(=O)(=O)NCC1CCC1. The van der Waals surface area contributed by atoms with Gasteiger partial charge in [-0.05, 0) is 38.6 Å². The average molecular weight is 300 g/mol. The van der Waals surface area contributed by atoms with Crippen molar-refractivity contribution in [3.05, 3.63) is 11.4 Å². The summed E-state index contributed by atoms with van der Waals surface area (Å²) in [5.41, 5.74) is 1.16. The molecule has 114 valence electrons. The van der Waals surface area contributed by atoms with Crippen LogP contribution in [0.2, 0.25) is 0 Å². The fourth-order valence-corrected chi connectivity index (χ4v) is 3.80. The Labute approximate surface area is 120 Å². The third kappa shape index (κ3) is 3.59. The summed E-state index contributed by atoms with van der Waals surface area (Å²) in [7, 11) is -3.47. The molecule has 1 saturated carbocycles. The van der Waals surface area contributed by atoms with Gasteiger partial charge in [0, 0.05) is 13.1 Å². The van der Waals surface area contributed by atoms with E-state index in [4.69, 9.17) is 0 Å². The predicted molar refractivity (Wildman–Crippen MR) is 77.9 cm³/mol. The zero-order chi connectivity index (χ0) is 14.6. The van der Waals surface area contributed by atoms with E-state index < -0.39 is 10.0 Å². The van der Waals surface area contributed by atoms with Crippen molar-refractivity contribution in [3.8, 4) is 0 Å². The Kier molecular flexibility index (Phi) is 5.17. The number of aromatic amines is 1. The van der Waals surface area contributed by atoms with Crippen molar-refractivity contribution in [2.75, 3.05) is 13.1 Å². The number of aryl methyl sites for hydroxylation is 1. The highest BCUT2D eigenvalue weighted by Crippen LogP contribution is 2.26. The largest absolute Gasteiger partial charge is 0.311 e. The summed E-state index contributed by atoms with van der Waals surface area (Å²) in [4.78, 5) is 0.306. The first-order valence-electron chi connectivity index (χ1n) is 7.28. The van der Waals surface area contributed by atoms with Crippen LogP contribution in [0, 0.1) is 12.8 Å².